The van der Waals surface area contributed by atoms with Gasteiger partial charge in [-0.1, -0.05) is 23.2 Å². The van der Waals surface area contributed by atoms with Crippen molar-refractivity contribution in [1.82, 2.24) is 0 Å². The Balaban J connectivity index is 2.56. The monoisotopic (exact) mass is 235 g/mol. The van der Waals surface area contributed by atoms with Crippen LogP contribution in [0.2, 0.25) is 10.0 Å². The van der Waals surface area contributed by atoms with Crippen LogP contribution in [0.5, 0.6) is 0 Å². The van der Waals surface area contributed by atoms with Gasteiger partial charge in [-0.05, 0) is 24.5 Å². The quantitative estimate of drug-likeness (QED) is 0.798. The van der Waals surface area contributed by atoms with Crippen LogP contribution in [-0.2, 0) is 0 Å². The third kappa shape index (κ3) is 4.12. The Kier molecular flexibility index (Phi) is 4.78. The molecule has 1 aromatic rings. The highest BCUT2D eigenvalue weighted by atomic mass is 35.5. The summed E-state index contributed by atoms with van der Waals surface area (Å²) in [6.45, 7) is 0.928. The van der Waals surface area contributed by atoms with Gasteiger partial charge in [-0.15, -0.1) is 0 Å². The molecular formula is C9H11Cl2NS. The van der Waals surface area contributed by atoms with Crippen molar-refractivity contribution in [3.63, 3.8) is 0 Å². The lowest BCUT2D eigenvalue weighted by Gasteiger charge is -2.05. The number of rotatable bonds is 4. The second kappa shape index (κ2) is 5.63. The first-order valence-corrected chi connectivity index (χ1v) is 6.06. The fourth-order valence-electron chi connectivity index (χ4n) is 0.953. The molecule has 4 heteroatoms. The van der Waals surface area contributed by atoms with Crippen molar-refractivity contribution in [2.75, 3.05) is 23.9 Å². The van der Waals surface area contributed by atoms with Gasteiger partial charge < -0.3 is 5.32 Å². The van der Waals surface area contributed by atoms with Crippen molar-refractivity contribution in [3.8, 4) is 0 Å². The van der Waals surface area contributed by atoms with Crippen LogP contribution in [0, 0.1) is 0 Å². The maximum atomic E-state index is 5.83. The van der Waals surface area contributed by atoms with Gasteiger partial charge in [0, 0.05) is 28.0 Å². The number of benzene rings is 1. The molecule has 1 nitrogen and oxygen atoms in total. The molecule has 0 unspecified atom stereocenters. The summed E-state index contributed by atoms with van der Waals surface area (Å²) < 4.78 is 0. The third-order valence-corrected chi connectivity index (χ3v) is 2.55. The van der Waals surface area contributed by atoms with Crippen LogP contribution in [0.1, 0.15) is 0 Å². The van der Waals surface area contributed by atoms with E-state index in [0.717, 1.165) is 18.0 Å². The zero-order valence-corrected chi connectivity index (χ0v) is 9.64. The Hall–Kier alpha value is -0.0500. The van der Waals surface area contributed by atoms with Crippen LogP contribution >= 0.6 is 35.0 Å². The van der Waals surface area contributed by atoms with Crippen LogP contribution < -0.4 is 5.32 Å². The topological polar surface area (TPSA) is 12.0 Å². The molecule has 0 aliphatic heterocycles. The average Bonchev–Trinajstić information content (AvgIpc) is 2.03. The number of anilines is 1. The number of nitrogens with one attached hydrogen (secondary N) is 1. The molecular weight excluding hydrogens is 225 g/mol. The van der Waals surface area contributed by atoms with Gasteiger partial charge in [-0.25, -0.2) is 0 Å². The number of thioether (sulfide) groups is 1. The van der Waals surface area contributed by atoms with Gasteiger partial charge in [0.25, 0.3) is 0 Å². The van der Waals surface area contributed by atoms with Crippen LogP contribution in [-0.4, -0.2) is 18.6 Å². The van der Waals surface area contributed by atoms with Gasteiger partial charge in [0.15, 0.2) is 0 Å². The largest absolute Gasteiger partial charge is 0.384 e. The zero-order valence-electron chi connectivity index (χ0n) is 7.31. The predicted molar refractivity (Wildman–Crippen MR) is 63.3 cm³/mol. The van der Waals surface area contributed by atoms with Gasteiger partial charge in [0.05, 0.1) is 0 Å². The van der Waals surface area contributed by atoms with Crippen molar-refractivity contribution in [3.05, 3.63) is 28.2 Å². The van der Waals surface area contributed by atoms with Gasteiger partial charge in [-0.2, -0.15) is 11.8 Å². The molecule has 0 spiro atoms. The number of hydrogen-bond acceptors (Lipinski definition) is 2. The molecule has 72 valence electrons. The summed E-state index contributed by atoms with van der Waals surface area (Å²) in [6, 6.07) is 5.46. The Labute approximate surface area is 92.8 Å². The number of hydrogen-bond donors (Lipinski definition) is 1. The van der Waals surface area contributed by atoms with Crippen LogP contribution in [0.15, 0.2) is 18.2 Å². The Bertz CT molecular complexity index is 258. The number of halogens is 2. The summed E-state index contributed by atoms with van der Waals surface area (Å²) in [5.74, 6) is 1.07. The van der Waals surface area contributed by atoms with Crippen molar-refractivity contribution in [1.29, 1.82) is 0 Å². The lowest BCUT2D eigenvalue weighted by atomic mass is 10.3. The van der Waals surface area contributed by atoms with E-state index in [9.17, 15) is 0 Å². The fraction of sp³-hybridized carbons (Fsp3) is 0.333. The summed E-state index contributed by atoms with van der Waals surface area (Å²) in [5.41, 5.74) is 0.978. The van der Waals surface area contributed by atoms with Crippen LogP contribution in [0.4, 0.5) is 5.69 Å². The van der Waals surface area contributed by atoms with Gasteiger partial charge in [0.1, 0.15) is 0 Å². The SMILES string of the molecule is CSCCNc1cc(Cl)cc(Cl)c1. The van der Waals surface area contributed by atoms with E-state index in [4.69, 9.17) is 23.2 Å². The zero-order chi connectivity index (χ0) is 9.68. The molecule has 0 aromatic heterocycles. The molecule has 0 amide bonds. The molecule has 1 aromatic carbocycles. The lowest BCUT2D eigenvalue weighted by molar-refractivity contribution is 1.23. The van der Waals surface area contributed by atoms with Gasteiger partial charge in [-0.3, -0.25) is 0 Å². The first kappa shape index (κ1) is 11.0. The first-order valence-electron chi connectivity index (χ1n) is 3.91. The molecule has 0 atom stereocenters. The standard InChI is InChI=1S/C9H11Cl2NS/c1-13-3-2-12-9-5-7(10)4-8(11)6-9/h4-6,12H,2-3H2,1H3. The maximum absolute atomic E-state index is 5.83. The minimum Gasteiger partial charge on any atom is -0.384 e. The normalized spacial score (nSPS) is 10.1. The average molecular weight is 236 g/mol. The van der Waals surface area contributed by atoms with E-state index in [1.165, 1.54) is 0 Å². The highest BCUT2D eigenvalue weighted by molar-refractivity contribution is 7.98. The van der Waals surface area contributed by atoms with E-state index in [1.807, 2.05) is 12.1 Å². The molecule has 0 saturated carbocycles. The van der Waals surface area contributed by atoms with Crippen molar-refractivity contribution in [2.45, 2.75) is 0 Å². The van der Waals surface area contributed by atoms with Gasteiger partial charge >= 0.3 is 0 Å². The maximum Gasteiger partial charge on any atom is 0.0441 e. The highest BCUT2D eigenvalue weighted by Gasteiger charge is 1.96. The summed E-state index contributed by atoms with van der Waals surface area (Å²) in [6.07, 6.45) is 2.08. The minimum absolute atomic E-state index is 0.666. The Morgan fingerprint density at radius 1 is 1.23 bits per heavy atom. The van der Waals surface area contributed by atoms with E-state index in [2.05, 4.69) is 11.6 Å². The summed E-state index contributed by atoms with van der Waals surface area (Å²) in [4.78, 5) is 0. The van der Waals surface area contributed by atoms with Crippen molar-refractivity contribution < 1.29 is 0 Å². The molecule has 0 bridgehead atoms. The van der Waals surface area contributed by atoms with Gasteiger partial charge in [0.2, 0.25) is 0 Å². The summed E-state index contributed by atoms with van der Waals surface area (Å²) in [5, 5.41) is 4.57. The van der Waals surface area contributed by atoms with Crippen molar-refractivity contribution >= 4 is 40.7 Å². The van der Waals surface area contributed by atoms with Crippen molar-refractivity contribution in [2.24, 2.45) is 0 Å². The molecule has 0 heterocycles. The van der Waals surface area contributed by atoms with E-state index >= 15 is 0 Å². The van der Waals surface area contributed by atoms with E-state index in [-0.39, 0.29) is 0 Å². The molecule has 0 aliphatic rings. The van der Waals surface area contributed by atoms with Crippen LogP contribution in [0.3, 0.4) is 0 Å². The molecule has 0 fully saturated rings. The van der Waals surface area contributed by atoms with E-state index in [0.29, 0.717) is 10.0 Å². The Morgan fingerprint density at radius 3 is 2.38 bits per heavy atom. The Morgan fingerprint density at radius 2 is 1.85 bits per heavy atom. The summed E-state index contributed by atoms with van der Waals surface area (Å²) in [7, 11) is 0. The lowest BCUT2D eigenvalue weighted by Crippen LogP contribution is -2.03. The molecule has 0 aliphatic carbocycles. The highest BCUT2D eigenvalue weighted by Crippen LogP contribution is 2.22. The third-order valence-electron chi connectivity index (χ3n) is 1.50. The molecule has 13 heavy (non-hydrogen) atoms. The van der Waals surface area contributed by atoms with E-state index < -0.39 is 0 Å². The fourth-order valence-corrected chi connectivity index (χ4v) is 1.79. The second-order valence-electron chi connectivity index (χ2n) is 2.58. The molecule has 1 N–H and O–H groups in total. The van der Waals surface area contributed by atoms with Crippen LogP contribution in [0.25, 0.3) is 0 Å². The predicted octanol–water partition coefficient (Wildman–Crippen LogP) is 3.77. The van der Waals surface area contributed by atoms with E-state index in [1.54, 1.807) is 17.8 Å². The smallest absolute Gasteiger partial charge is 0.0441 e. The minimum atomic E-state index is 0.666. The second-order valence-corrected chi connectivity index (χ2v) is 4.44. The molecule has 0 radical (unpaired) electrons. The molecule has 0 saturated heterocycles. The first-order chi connectivity index (χ1) is 6.22. The summed E-state index contributed by atoms with van der Waals surface area (Å²) >= 11 is 13.5. The molecule has 1 rings (SSSR count).